The Kier molecular flexibility index (Phi) is 5.39. The molecular formula is C20H18FN7O. The summed E-state index contributed by atoms with van der Waals surface area (Å²) in [5, 5.41) is 22.9. The van der Waals surface area contributed by atoms with E-state index in [9.17, 15) is 9.50 Å². The maximum absolute atomic E-state index is 13.2. The highest BCUT2D eigenvalue weighted by Crippen LogP contribution is 2.27. The van der Waals surface area contributed by atoms with Crippen LogP contribution in [0.4, 0.5) is 21.8 Å². The smallest absolute Gasteiger partial charge is 0.150 e. The van der Waals surface area contributed by atoms with Gasteiger partial charge in [-0.05, 0) is 35.4 Å². The first-order valence-corrected chi connectivity index (χ1v) is 8.88. The lowest BCUT2D eigenvalue weighted by molar-refractivity contribution is 0.276. The molecule has 0 aliphatic carbocycles. The number of aromatic nitrogens is 5. The van der Waals surface area contributed by atoms with Crippen LogP contribution < -0.4 is 10.6 Å². The van der Waals surface area contributed by atoms with E-state index in [0.29, 0.717) is 17.5 Å². The molecule has 0 aliphatic rings. The number of nitrogens with one attached hydrogen (secondary N) is 3. The van der Waals surface area contributed by atoms with Crippen molar-refractivity contribution in [3.8, 4) is 11.1 Å². The lowest BCUT2D eigenvalue weighted by Gasteiger charge is -2.19. The number of aromatic amines is 1. The lowest BCUT2D eigenvalue weighted by Crippen LogP contribution is -2.16. The molecule has 4 rings (SSSR count). The van der Waals surface area contributed by atoms with Gasteiger partial charge in [0, 0.05) is 24.2 Å². The maximum atomic E-state index is 13.2. The molecule has 8 nitrogen and oxygen atoms in total. The van der Waals surface area contributed by atoms with Crippen molar-refractivity contribution in [3.05, 3.63) is 78.8 Å². The van der Waals surface area contributed by atoms with Gasteiger partial charge in [0.15, 0.2) is 0 Å². The highest BCUT2D eigenvalue weighted by molar-refractivity contribution is 5.71. The molecule has 4 aromatic rings. The molecule has 1 aromatic carbocycles. The van der Waals surface area contributed by atoms with Crippen molar-refractivity contribution in [1.29, 1.82) is 0 Å². The summed E-state index contributed by atoms with van der Waals surface area (Å²) < 4.78 is 13.2. The number of anilines is 3. The van der Waals surface area contributed by atoms with Gasteiger partial charge in [0.1, 0.15) is 23.3 Å². The predicted octanol–water partition coefficient (Wildman–Crippen LogP) is 3.29. The average Bonchev–Trinajstić information content (AvgIpc) is 3.28. The van der Waals surface area contributed by atoms with Gasteiger partial charge in [0.05, 0.1) is 25.0 Å². The van der Waals surface area contributed by atoms with Gasteiger partial charge >= 0.3 is 0 Å². The number of nitrogens with zero attached hydrogens (tertiary/aromatic N) is 4. The van der Waals surface area contributed by atoms with E-state index in [0.717, 1.165) is 16.7 Å². The minimum atomic E-state index is -0.452. The van der Waals surface area contributed by atoms with Crippen molar-refractivity contribution in [1.82, 2.24) is 25.1 Å². The number of pyridine rings is 1. The van der Waals surface area contributed by atoms with Crippen LogP contribution >= 0.6 is 0 Å². The Morgan fingerprint density at radius 3 is 2.52 bits per heavy atom. The predicted molar refractivity (Wildman–Crippen MR) is 107 cm³/mol. The Bertz CT molecular complexity index is 1060. The molecule has 3 heterocycles. The summed E-state index contributed by atoms with van der Waals surface area (Å²) in [5.41, 5.74) is 2.48. The van der Waals surface area contributed by atoms with E-state index < -0.39 is 6.04 Å². The molecular weight excluding hydrogens is 373 g/mol. The van der Waals surface area contributed by atoms with Crippen LogP contribution in [0.2, 0.25) is 0 Å². The number of hydrogen-bond donors (Lipinski definition) is 4. The molecule has 29 heavy (non-hydrogen) atoms. The van der Waals surface area contributed by atoms with E-state index in [1.165, 1.54) is 12.1 Å². The summed E-state index contributed by atoms with van der Waals surface area (Å²) >= 11 is 0. The van der Waals surface area contributed by atoms with Crippen LogP contribution in [0.15, 0.2) is 67.4 Å². The SMILES string of the molecule is OCC(Nc1cc(-c2cn[nH]c2)cc(Nc2cnccn2)n1)c1ccc(F)cc1. The quantitative estimate of drug-likeness (QED) is 0.382. The van der Waals surface area contributed by atoms with Crippen LogP contribution in [0.5, 0.6) is 0 Å². The maximum Gasteiger partial charge on any atom is 0.150 e. The fourth-order valence-electron chi connectivity index (χ4n) is 2.85. The molecule has 1 unspecified atom stereocenters. The Labute approximate surface area is 165 Å². The third-order valence-electron chi connectivity index (χ3n) is 4.25. The monoisotopic (exact) mass is 391 g/mol. The highest BCUT2D eigenvalue weighted by Gasteiger charge is 2.13. The minimum absolute atomic E-state index is 0.184. The second-order valence-corrected chi connectivity index (χ2v) is 6.26. The van der Waals surface area contributed by atoms with Crippen LogP contribution in [-0.2, 0) is 0 Å². The zero-order valence-electron chi connectivity index (χ0n) is 15.2. The van der Waals surface area contributed by atoms with Gasteiger partial charge in [0.25, 0.3) is 0 Å². The van der Waals surface area contributed by atoms with Crippen molar-refractivity contribution >= 4 is 17.5 Å². The average molecular weight is 391 g/mol. The molecule has 146 valence electrons. The first kappa shape index (κ1) is 18.5. The van der Waals surface area contributed by atoms with Gasteiger partial charge < -0.3 is 15.7 Å². The first-order valence-electron chi connectivity index (χ1n) is 8.88. The number of halogens is 1. The van der Waals surface area contributed by atoms with Gasteiger partial charge in [-0.1, -0.05) is 12.1 Å². The van der Waals surface area contributed by atoms with Crippen LogP contribution in [-0.4, -0.2) is 36.9 Å². The fraction of sp³-hybridized carbons (Fsp3) is 0.100. The molecule has 0 aliphatic heterocycles. The molecule has 4 N–H and O–H groups in total. The number of rotatable bonds is 7. The van der Waals surface area contributed by atoms with Gasteiger partial charge in [0.2, 0.25) is 0 Å². The minimum Gasteiger partial charge on any atom is -0.394 e. The Morgan fingerprint density at radius 2 is 1.83 bits per heavy atom. The fourth-order valence-corrected chi connectivity index (χ4v) is 2.85. The van der Waals surface area contributed by atoms with Gasteiger partial charge in [-0.2, -0.15) is 5.10 Å². The van der Waals surface area contributed by atoms with E-state index in [-0.39, 0.29) is 12.4 Å². The molecule has 0 amide bonds. The Morgan fingerprint density at radius 1 is 1.00 bits per heavy atom. The summed E-state index contributed by atoms with van der Waals surface area (Å²) in [5.74, 6) is 1.29. The van der Waals surface area contributed by atoms with Crippen LogP contribution in [0.3, 0.4) is 0 Å². The standard InChI is InChI=1S/C20H18FN7O/c21-16-3-1-13(2-4-16)17(12-29)26-18-7-14(15-9-24-25-10-15)8-19(27-18)28-20-11-22-5-6-23-20/h1-11,17,29H,12H2,(H,24,25)(H2,23,26,27,28). The van der Waals surface area contributed by atoms with Crippen LogP contribution in [0.1, 0.15) is 11.6 Å². The summed E-state index contributed by atoms with van der Waals surface area (Å²) in [6.45, 7) is -0.184. The largest absolute Gasteiger partial charge is 0.394 e. The number of hydrogen-bond acceptors (Lipinski definition) is 7. The molecule has 9 heteroatoms. The van der Waals surface area contributed by atoms with Crippen LogP contribution in [0.25, 0.3) is 11.1 Å². The summed E-state index contributed by atoms with van der Waals surface area (Å²) in [6, 6.07) is 9.22. The van der Waals surface area contributed by atoms with E-state index >= 15 is 0 Å². The van der Waals surface area contributed by atoms with Crippen molar-refractivity contribution in [3.63, 3.8) is 0 Å². The van der Waals surface area contributed by atoms with Crippen LogP contribution in [0, 0.1) is 5.82 Å². The van der Waals surface area contributed by atoms with Gasteiger partial charge in [-0.3, -0.25) is 10.1 Å². The molecule has 0 radical (unpaired) electrons. The molecule has 0 bridgehead atoms. The van der Waals surface area contributed by atoms with Crippen molar-refractivity contribution in [2.24, 2.45) is 0 Å². The molecule has 0 spiro atoms. The molecule has 0 saturated carbocycles. The second kappa shape index (κ2) is 8.44. The Hall–Kier alpha value is -3.85. The normalized spacial score (nSPS) is 11.8. The van der Waals surface area contributed by atoms with Crippen molar-refractivity contribution in [2.75, 3.05) is 17.2 Å². The lowest BCUT2D eigenvalue weighted by atomic mass is 10.1. The van der Waals surface area contributed by atoms with E-state index in [1.807, 2.05) is 12.1 Å². The summed E-state index contributed by atoms with van der Waals surface area (Å²) in [6.07, 6.45) is 8.23. The third-order valence-corrected chi connectivity index (χ3v) is 4.25. The molecule has 0 saturated heterocycles. The Balaban J connectivity index is 1.66. The topological polar surface area (TPSA) is 112 Å². The highest BCUT2D eigenvalue weighted by atomic mass is 19.1. The van der Waals surface area contributed by atoms with E-state index in [2.05, 4.69) is 35.8 Å². The number of aliphatic hydroxyl groups is 1. The zero-order valence-corrected chi connectivity index (χ0v) is 15.2. The number of aliphatic hydroxyl groups excluding tert-OH is 1. The van der Waals surface area contributed by atoms with E-state index in [4.69, 9.17) is 0 Å². The molecule has 3 aromatic heterocycles. The first-order chi connectivity index (χ1) is 14.2. The third kappa shape index (κ3) is 4.53. The number of benzene rings is 1. The number of H-pyrrole nitrogens is 1. The second-order valence-electron chi connectivity index (χ2n) is 6.26. The van der Waals surface area contributed by atoms with Gasteiger partial charge in [-0.15, -0.1) is 0 Å². The van der Waals surface area contributed by atoms with E-state index in [1.54, 1.807) is 43.1 Å². The van der Waals surface area contributed by atoms with Crippen molar-refractivity contribution in [2.45, 2.75) is 6.04 Å². The van der Waals surface area contributed by atoms with Crippen molar-refractivity contribution < 1.29 is 9.50 Å². The summed E-state index contributed by atoms with van der Waals surface area (Å²) in [4.78, 5) is 12.8. The molecule has 1 atom stereocenters. The van der Waals surface area contributed by atoms with Gasteiger partial charge in [-0.25, -0.2) is 14.4 Å². The molecule has 0 fully saturated rings. The zero-order chi connectivity index (χ0) is 20.1. The summed E-state index contributed by atoms with van der Waals surface area (Å²) in [7, 11) is 0.